The summed E-state index contributed by atoms with van der Waals surface area (Å²) in [5, 5.41) is 13.2. The van der Waals surface area contributed by atoms with Gasteiger partial charge in [-0.05, 0) is 29.7 Å². The zero-order valence-corrected chi connectivity index (χ0v) is 16.7. The van der Waals surface area contributed by atoms with Crippen LogP contribution in [0.15, 0.2) is 54.6 Å². The van der Waals surface area contributed by atoms with Gasteiger partial charge in [0, 0.05) is 12.2 Å². The third-order valence-electron chi connectivity index (χ3n) is 4.96. The predicted molar refractivity (Wildman–Crippen MR) is 110 cm³/mol. The Labute approximate surface area is 166 Å². The van der Waals surface area contributed by atoms with E-state index >= 15 is 0 Å². The van der Waals surface area contributed by atoms with Crippen molar-refractivity contribution < 1.29 is 18.3 Å². The molecule has 0 bridgehead atoms. The van der Waals surface area contributed by atoms with Gasteiger partial charge in [0.25, 0.3) is 0 Å². The first kappa shape index (κ1) is 20.5. The van der Waals surface area contributed by atoms with E-state index in [2.05, 4.69) is 5.32 Å². The number of benzene rings is 2. The van der Waals surface area contributed by atoms with Crippen LogP contribution in [0.1, 0.15) is 18.1 Å². The van der Waals surface area contributed by atoms with Crippen molar-refractivity contribution in [2.24, 2.45) is 0 Å². The number of amides is 1. The van der Waals surface area contributed by atoms with Crippen molar-refractivity contribution in [1.82, 2.24) is 4.90 Å². The van der Waals surface area contributed by atoms with Gasteiger partial charge in [0.2, 0.25) is 5.91 Å². The summed E-state index contributed by atoms with van der Waals surface area (Å²) in [6.45, 7) is 2.44. The molecule has 2 atom stereocenters. The normalized spacial score (nSPS) is 21.0. The van der Waals surface area contributed by atoms with Crippen molar-refractivity contribution in [3.63, 3.8) is 0 Å². The number of aryl methyl sites for hydroxylation is 1. The second-order valence-corrected chi connectivity index (χ2v) is 9.36. The number of hydrogen-bond donors (Lipinski definition) is 2. The van der Waals surface area contributed by atoms with E-state index in [1.165, 1.54) is 0 Å². The number of carbonyl (C=O) groups is 1. The minimum atomic E-state index is -3.31. The molecule has 2 aromatic carbocycles. The largest absolute Gasteiger partial charge is 0.390 e. The van der Waals surface area contributed by atoms with Crippen molar-refractivity contribution in [1.29, 1.82) is 0 Å². The van der Waals surface area contributed by atoms with Crippen LogP contribution in [0.2, 0.25) is 0 Å². The molecule has 3 rings (SSSR count). The van der Waals surface area contributed by atoms with Gasteiger partial charge in [-0.1, -0.05) is 49.4 Å². The lowest BCUT2D eigenvalue weighted by molar-refractivity contribution is -0.118. The van der Waals surface area contributed by atoms with E-state index in [1.54, 1.807) is 4.90 Å². The second kappa shape index (κ2) is 8.86. The molecule has 1 saturated heterocycles. The number of aliphatic hydroxyl groups excluding tert-OH is 1. The molecule has 7 heteroatoms. The summed E-state index contributed by atoms with van der Waals surface area (Å²) < 4.78 is 23.9. The highest BCUT2D eigenvalue weighted by molar-refractivity contribution is 7.91. The van der Waals surface area contributed by atoms with Gasteiger partial charge in [-0.25, -0.2) is 8.42 Å². The van der Waals surface area contributed by atoms with E-state index in [4.69, 9.17) is 0 Å². The zero-order valence-electron chi connectivity index (χ0n) is 15.9. The second-order valence-electron chi connectivity index (χ2n) is 7.20. The highest BCUT2D eigenvalue weighted by Gasteiger charge is 2.40. The molecule has 1 amide bonds. The molecule has 1 aliphatic heterocycles. The fraction of sp³-hybridized carbons (Fsp3) is 0.381. The summed E-state index contributed by atoms with van der Waals surface area (Å²) in [6.07, 6.45) is -0.124. The van der Waals surface area contributed by atoms with E-state index in [0.29, 0.717) is 12.2 Å². The van der Waals surface area contributed by atoms with Crippen molar-refractivity contribution in [2.45, 2.75) is 32.0 Å². The Kier molecular flexibility index (Phi) is 6.49. The SMILES string of the molecule is CCc1cccc(NC(=O)CN(Cc2ccccc2)C2CS(=O)(=O)CC2O)c1. The zero-order chi connectivity index (χ0) is 20.1. The summed E-state index contributed by atoms with van der Waals surface area (Å²) in [6, 6.07) is 16.6. The van der Waals surface area contributed by atoms with E-state index in [1.807, 2.05) is 61.5 Å². The third-order valence-corrected chi connectivity index (χ3v) is 6.66. The first-order chi connectivity index (χ1) is 13.4. The molecule has 0 radical (unpaired) electrons. The van der Waals surface area contributed by atoms with Gasteiger partial charge in [-0.2, -0.15) is 0 Å². The lowest BCUT2D eigenvalue weighted by Gasteiger charge is -2.29. The van der Waals surface area contributed by atoms with Crippen LogP contribution in [0.5, 0.6) is 0 Å². The lowest BCUT2D eigenvalue weighted by atomic mass is 10.1. The van der Waals surface area contributed by atoms with Crippen molar-refractivity contribution >= 4 is 21.4 Å². The molecule has 0 aromatic heterocycles. The Morgan fingerprint density at radius 3 is 2.46 bits per heavy atom. The molecule has 2 N–H and O–H groups in total. The van der Waals surface area contributed by atoms with Gasteiger partial charge >= 0.3 is 0 Å². The molecule has 0 aliphatic carbocycles. The summed E-state index contributed by atoms with van der Waals surface area (Å²) in [7, 11) is -3.31. The molecule has 1 aliphatic rings. The van der Waals surface area contributed by atoms with Crippen LogP contribution in [-0.4, -0.2) is 54.5 Å². The topological polar surface area (TPSA) is 86.7 Å². The quantitative estimate of drug-likeness (QED) is 0.738. The fourth-order valence-electron chi connectivity index (χ4n) is 3.52. The van der Waals surface area contributed by atoms with E-state index in [0.717, 1.165) is 17.5 Å². The molecule has 2 aromatic rings. The minimum Gasteiger partial charge on any atom is -0.390 e. The number of hydrogen-bond acceptors (Lipinski definition) is 5. The Balaban J connectivity index is 1.75. The van der Waals surface area contributed by atoms with E-state index in [9.17, 15) is 18.3 Å². The Hall–Kier alpha value is -2.22. The first-order valence-corrected chi connectivity index (χ1v) is 11.2. The van der Waals surface area contributed by atoms with Gasteiger partial charge < -0.3 is 10.4 Å². The van der Waals surface area contributed by atoms with Crippen molar-refractivity contribution in [3.05, 3.63) is 65.7 Å². The third kappa shape index (κ3) is 5.41. The fourth-order valence-corrected chi connectivity index (χ4v) is 5.35. The number of nitrogens with zero attached hydrogens (tertiary/aromatic N) is 1. The Morgan fingerprint density at radius 2 is 1.82 bits per heavy atom. The predicted octanol–water partition coefficient (Wildman–Crippen LogP) is 1.85. The van der Waals surface area contributed by atoms with E-state index < -0.39 is 22.0 Å². The molecule has 2 unspecified atom stereocenters. The first-order valence-electron chi connectivity index (χ1n) is 9.41. The van der Waals surface area contributed by atoms with E-state index in [-0.39, 0.29) is 24.0 Å². The Morgan fingerprint density at radius 1 is 1.11 bits per heavy atom. The number of rotatable bonds is 7. The molecule has 150 valence electrons. The molecule has 28 heavy (non-hydrogen) atoms. The summed E-state index contributed by atoms with van der Waals surface area (Å²) in [5.74, 6) is -0.636. The number of anilines is 1. The molecule has 0 spiro atoms. The maximum Gasteiger partial charge on any atom is 0.238 e. The van der Waals surface area contributed by atoms with Crippen LogP contribution < -0.4 is 5.32 Å². The lowest BCUT2D eigenvalue weighted by Crippen LogP contribution is -2.46. The maximum absolute atomic E-state index is 12.7. The summed E-state index contributed by atoms with van der Waals surface area (Å²) in [5.41, 5.74) is 2.79. The van der Waals surface area contributed by atoms with Crippen molar-refractivity contribution in [3.8, 4) is 0 Å². The summed E-state index contributed by atoms with van der Waals surface area (Å²) in [4.78, 5) is 14.4. The minimum absolute atomic E-state index is 0.00247. The average Bonchev–Trinajstić information content (AvgIpc) is 2.94. The van der Waals surface area contributed by atoms with Crippen molar-refractivity contribution in [2.75, 3.05) is 23.4 Å². The van der Waals surface area contributed by atoms with Crippen LogP contribution in [0.25, 0.3) is 0 Å². The molecular formula is C21H26N2O4S. The summed E-state index contributed by atoms with van der Waals surface area (Å²) >= 11 is 0. The van der Waals surface area contributed by atoms with Gasteiger partial charge in [0.15, 0.2) is 9.84 Å². The highest BCUT2D eigenvalue weighted by atomic mass is 32.2. The van der Waals surface area contributed by atoms with Gasteiger partial charge in [-0.3, -0.25) is 9.69 Å². The van der Waals surface area contributed by atoms with Gasteiger partial charge in [0.05, 0.1) is 30.2 Å². The molecular weight excluding hydrogens is 376 g/mol. The Bertz CT molecular complexity index is 915. The average molecular weight is 403 g/mol. The van der Waals surface area contributed by atoms with Crippen LogP contribution in [0, 0.1) is 0 Å². The monoisotopic (exact) mass is 402 g/mol. The maximum atomic E-state index is 12.7. The van der Waals surface area contributed by atoms with Crippen LogP contribution >= 0.6 is 0 Å². The van der Waals surface area contributed by atoms with Crippen LogP contribution in [0.3, 0.4) is 0 Å². The molecule has 1 heterocycles. The molecule has 1 fully saturated rings. The number of nitrogens with one attached hydrogen (secondary N) is 1. The smallest absolute Gasteiger partial charge is 0.238 e. The molecule has 0 saturated carbocycles. The number of aliphatic hydroxyl groups is 1. The van der Waals surface area contributed by atoms with Gasteiger partial charge in [0.1, 0.15) is 0 Å². The van der Waals surface area contributed by atoms with Crippen LogP contribution in [-0.2, 0) is 27.6 Å². The highest BCUT2D eigenvalue weighted by Crippen LogP contribution is 2.21. The van der Waals surface area contributed by atoms with Crippen LogP contribution in [0.4, 0.5) is 5.69 Å². The number of carbonyl (C=O) groups excluding carboxylic acids is 1. The standard InChI is InChI=1S/C21H26N2O4S/c1-2-16-9-6-10-18(11-16)22-21(25)13-23(12-17-7-4-3-5-8-17)19-14-28(26,27)15-20(19)24/h3-11,19-20,24H,2,12-15H2,1H3,(H,22,25). The van der Waals surface area contributed by atoms with Gasteiger partial charge in [-0.15, -0.1) is 0 Å². The molecule has 6 nitrogen and oxygen atoms in total. The number of sulfone groups is 1.